The molecular weight excluding hydrogens is 200 g/mol. The molecule has 0 saturated carbocycles. The summed E-state index contributed by atoms with van der Waals surface area (Å²) in [7, 11) is 0. The maximum Gasteiger partial charge on any atom is 0.0511 e. The van der Waals surface area contributed by atoms with Gasteiger partial charge < -0.3 is 15.8 Å². The molecule has 16 heavy (non-hydrogen) atoms. The smallest absolute Gasteiger partial charge is 0.0511 e. The van der Waals surface area contributed by atoms with Crippen LogP contribution in [-0.2, 0) is 4.74 Å². The number of rotatable bonds is 3. The van der Waals surface area contributed by atoms with Crippen molar-refractivity contribution < 1.29 is 4.74 Å². The van der Waals surface area contributed by atoms with Crippen molar-refractivity contribution in [2.75, 3.05) is 30.8 Å². The summed E-state index contributed by atoms with van der Waals surface area (Å²) in [6, 6.07) is 5.98. The number of hydrogen-bond donors (Lipinski definition) is 2. The van der Waals surface area contributed by atoms with Gasteiger partial charge in [0.05, 0.1) is 6.61 Å². The van der Waals surface area contributed by atoms with Gasteiger partial charge in [0.2, 0.25) is 0 Å². The minimum absolute atomic E-state index is 0.634. The lowest BCUT2D eigenvalue weighted by atomic mass is 10.0. The van der Waals surface area contributed by atoms with Gasteiger partial charge >= 0.3 is 0 Å². The molecule has 0 aliphatic carbocycles. The lowest BCUT2D eigenvalue weighted by Gasteiger charge is -2.23. The fourth-order valence-corrected chi connectivity index (χ4v) is 2.05. The number of nitrogens with one attached hydrogen (secondary N) is 1. The summed E-state index contributed by atoms with van der Waals surface area (Å²) in [6.45, 7) is 4.88. The summed E-state index contributed by atoms with van der Waals surface area (Å²) in [6.07, 6.45) is 2.44. The van der Waals surface area contributed by atoms with Crippen LogP contribution in [-0.4, -0.2) is 19.8 Å². The molecule has 0 spiro atoms. The molecule has 2 rings (SSSR count). The van der Waals surface area contributed by atoms with Gasteiger partial charge in [0.1, 0.15) is 0 Å². The molecule has 0 amide bonds. The second kappa shape index (κ2) is 5.21. The first-order valence-corrected chi connectivity index (χ1v) is 5.93. The van der Waals surface area contributed by atoms with E-state index in [1.165, 1.54) is 18.4 Å². The third-order valence-electron chi connectivity index (χ3n) is 3.10. The van der Waals surface area contributed by atoms with Gasteiger partial charge in [-0.2, -0.15) is 0 Å². The molecule has 1 atom stereocenters. The highest BCUT2D eigenvalue weighted by Crippen LogP contribution is 2.20. The van der Waals surface area contributed by atoms with Crippen LogP contribution in [0.2, 0.25) is 0 Å². The van der Waals surface area contributed by atoms with Crippen LogP contribution in [0.4, 0.5) is 11.4 Å². The van der Waals surface area contributed by atoms with Crippen LogP contribution in [0.1, 0.15) is 18.4 Å². The number of nitrogens with two attached hydrogens (primary N) is 1. The van der Waals surface area contributed by atoms with Gasteiger partial charge in [-0.05, 0) is 43.4 Å². The molecule has 0 bridgehead atoms. The van der Waals surface area contributed by atoms with Crippen LogP contribution in [0.15, 0.2) is 18.2 Å². The Morgan fingerprint density at radius 1 is 1.50 bits per heavy atom. The van der Waals surface area contributed by atoms with Gasteiger partial charge in [0.25, 0.3) is 0 Å². The van der Waals surface area contributed by atoms with Crippen molar-refractivity contribution in [3.05, 3.63) is 23.8 Å². The van der Waals surface area contributed by atoms with Crippen LogP contribution >= 0.6 is 0 Å². The van der Waals surface area contributed by atoms with Crippen molar-refractivity contribution in [1.82, 2.24) is 0 Å². The molecule has 0 radical (unpaired) electrons. The Labute approximate surface area is 97.0 Å². The Kier molecular flexibility index (Phi) is 3.67. The van der Waals surface area contributed by atoms with Crippen LogP contribution in [0, 0.1) is 12.8 Å². The third kappa shape index (κ3) is 2.89. The lowest BCUT2D eigenvalue weighted by Crippen LogP contribution is -2.24. The van der Waals surface area contributed by atoms with Gasteiger partial charge in [0, 0.05) is 24.5 Å². The lowest BCUT2D eigenvalue weighted by molar-refractivity contribution is 0.0595. The fourth-order valence-electron chi connectivity index (χ4n) is 2.05. The average molecular weight is 220 g/mol. The zero-order valence-corrected chi connectivity index (χ0v) is 9.83. The Bertz CT molecular complexity index is 346. The predicted octanol–water partition coefficient (Wildman–Crippen LogP) is 2.42. The first-order chi connectivity index (χ1) is 7.75. The molecule has 1 aliphatic rings. The first kappa shape index (κ1) is 11.3. The molecule has 1 saturated heterocycles. The Morgan fingerprint density at radius 3 is 3.12 bits per heavy atom. The summed E-state index contributed by atoms with van der Waals surface area (Å²) in [4.78, 5) is 0. The first-order valence-electron chi connectivity index (χ1n) is 5.93. The van der Waals surface area contributed by atoms with Crippen molar-refractivity contribution in [1.29, 1.82) is 0 Å². The topological polar surface area (TPSA) is 47.3 Å². The minimum atomic E-state index is 0.634. The molecule has 3 N–H and O–H groups in total. The monoisotopic (exact) mass is 220 g/mol. The van der Waals surface area contributed by atoms with Gasteiger partial charge in [-0.3, -0.25) is 0 Å². The van der Waals surface area contributed by atoms with Gasteiger partial charge in [0.15, 0.2) is 0 Å². The minimum Gasteiger partial charge on any atom is -0.399 e. The zero-order valence-electron chi connectivity index (χ0n) is 9.83. The van der Waals surface area contributed by atoms with Crippen LogP contribution < -0.4 is 11.1 Å². The van der Waals surface area contributed by atoms with Crippen LogP contribution in [0.25, 0.3) is 0 Å². The second-order valence-electron chi connectivity index (χ2n) is 4.54. The van der Waals surface area contributed by atoms with E-state index in [1.807, 2.05) is 12.1 Å². The molecule has 1 fully saturated rings. The summed E-state index contributed by atoms with van der Waals surface area (Å²) in [5.74, 6) is 0.634. The van der Waals surface area contributed by atoms with E-state index in [2.05, 4.69) is 18.3 Å². The van der Waals surface area contributed by atoms with Crippen molar-refractivity contribution in [3.8, 4) is 0 Å². The van der Waals surface area contributed by atoms with Crippen molar-refractivity contribution in [2.24, 2.45) is 5.92 Å². The largest absolute Gasteiger partial charge is 0.399 e. The molecule has 1 aromatic carbocycles. The van der Waals surface area contributed by atoms with Crippen LogP contribution in [0.3, 0.4) is 0 Å². The predicted molar refractivity (Wildman–Crippen MR) is 67.6 cm³/mol. The highest BCUT2D eigenvalue weighted by atomic mass is 16.5. The molecule has 1 heterocycles. The number of aryl methyl sites for hydroxylation is 1. The number of nitrogen functional groups attached to an aromatic ring is 1. The van der Waals surface area contributed by atoms with E-state index >= 15 is 0 Å². The molecule has 1 aromatic rings. The van der Waals surface area contributed by atoms with Gasteiger partial charge in [-0.25, -0.2) is 0 Å². The van der Waals surface area contributed by atoms with Gasteiger partial charge in [-0.1, -0.05) is 6.07 Å². The molecule has 0 aromatic heterocycles. The normalized spacial score (nSPS) is 20.7. The average Bonchev–Trinajstić information content (AvgIpc) is 2.32. The quantitative estimate of drug-likeness (QED) is 0.769. The second-order valence-corrected chi connectivity index (χ2v) is 4.54. The Balaban J connectivity index is 1.90. The number of anilines is 2. The van der Waals surface area contributed by atoms with E-state index in [1.54, 1.807) is 0 Å². The molecule has 1 aliphatic heterocycles. The van der Waals surface area contributed by atoms with Crippen molar-refractivity contribution >= 4 is 11.4 Å². The molecular formula is C13H20N2O. The van der Waals surface area contributed by atoms with Gasteiger partial charge in [-0.15, -0.1) is 0 Å². The number of hydrogen-bond acceptors (Lipinski definition) is 3. The number of benzene rings is 1. The highest BCUT2D eigenvalue weighted by molar-refractivity contribution is 5.59. The van der Waals surface area contributed by atoms with E-state index in [9.17, 15) is 0 Å². The SMILES string of the molecule is Cc1ccc(N)cc1NCC1CCCOC1. The Morgan fingerprint density at radius 2 is 2.38 bits per heavy atom. The molecule has 1 unspecified atom stereocenters. The highest BCUT2D eigenvalue weighted by Gasteiger charge is 2.13. The molecule has 3 nitrogen and oxygen atoms in total. The van der Waals surface area contributed by atoms with E-state index in [4.69, 9.17) is 10.5 Å². The summed E-state index contributed by atoms with van der Waals surface area (Å²) < 4.78 is 5.46. The zero-order chi connectivity index (χ0) is 11.4. The van der Waals surface area contributed by atoms with Crippen LogP contribution in [0.5, 0.6) is 0 Å². The third-order valence-corrected chi connectivity index (χ3v) is 3.10. The Hall–Kier alpha value is -1.22. The van der Waals surface area contributed by atoms with E-state index in [0.717, 1.165) is 31.1 Å². The van der Waals surface area contributed by atoms with E-state index < -0.39 is 0 Å². The number of ether oxygens (including phenoxy) is 1. The maximum absolute atomic E-state index is 5.77. The standard InChI is InChI=1S/C13H20N2O/c1-10-4-5-12(14)7-13(10)15-8-11-3-2-6-16-9-11/h4-5,7,11,15H,2-3,6,8-9,14H2,1H3. The fraction of sp³-hybridized carbons (Fsp3) is 0.538. The van der Waals surface area contributed by atoms with E-state index in [0.29, 0.717) is 5.92 Å². The van der Waals surface area contributed by atoms with Crippen molar-refractivity contribution in [2.45, 2.75) is 19.8 Å². The van der Waals surface area contributed by atoms with Crippen molar-refractivity contribution in [3.63, 3.8) is 0 Å². The summed E-state index contributed by atoms with van der Waals surface area (Å²) >= 11 is 0. The van der Waals surface area contributed by atoms with E-state index in [-0.39, 0.29) is 0 Å². The molecule has 3 heteroatoms. The summed E-state index contributed by atoms with van der Waals surface area (Å²) in [5, 5.41) is 3.46. The molecule has 88 valence electrons. The maximum atomic E-state index is 5.77. The summed E-state index contributed by atoms with van der Waals surface area (Å²) in [5.41, 5.74) is 8.97.